The zero-order valence-electron chi connectivity index (χ0n) is 15.6. The summed E-state index contributed by atoms with van der Waals surface area (Å²) in [6, 6.07) is 11.0. The van der Waals surface area contributed by atoms with E-state index in [1.807, 2.05) is 0 Å². The number of non-ortho nitro benzene ring substituents is 1. The number of nitro groups is 1. The third-order valence-corrected chi connectivity index (χ3v) is 4.00. The molecule has 162 valence electrons. The Bertz CT molecular complexity index is 1240. The molecular weight excluding hydrogens is 439 g/mol. The zero-order chi connectivity index (χ0) is 23.4. The van der Waals surface area contributed by atoms with Crippen molar-refractivity contribution in [2.75, 3.05) is 5.43 Å². The fourth-order valence-corrected chi connectivity index (χ4v) is 2.43. The summed E-state index contributed by atoms with van der Waals surface area (Å²) in [5, 5.41) is 23.4. The SMILES string of the molecule is N#Cc1cc([N+](=O)[O-])ccc1Oc1ccc(C=NNc2c(F)c(F)c(F)c(F)c2F)cc1. The van der Waals surface area contributed by atoms with Crippen LogP contribution in [0.3, 0.4) is 0 Å². The highest BCUT2D eigenvalue weighted by Gasteiger charge is 2.25. The molecule has 12 heteroatoms. The molecule has 0 heterocycles. The van der Waals surface area contributed by atoms with Gasteiger partial charge in [-0.2, -0.15) is 10.4 Å². The Kier molecular flexibility index (Phi) is 6.29. The van der Waals surface area contributed by atoms with Crippen LogP contribution in [0.1, 0.15) is 11.1 Å². The van der Waals surface area contributed by atoms with Gasteiger partial charge in [-0.3, -0.25) is 15.5 Å². The minimum Gasteiger partial charge on any atom is -0.456 e. The van der Waals surface area contributed by atoms with Crippen LogP contribution >= 0.6 is 0 Å². The Hall–Kier alpha value is -4.53. The second-order valence-electron chi connectivity index (χ2n) is 6.04. The molecule has 0 spiro atoms. The van der Waals surface area contributed by atoms with E-state index in [4.69, 9.17) is 10.00 Å². The lowest BCUT2D eigenvalue weighted by atomic mass is 10.2. The Morgan fingerprint density at radius 3 is 2.12 bits per heavy atom. The fraction of sp³-hybridized carbons (Fsp3) is 0. The molecule has 3 aromatic carbocycles. The monoisotopic (exact) mass is 448 g/mol. The van der Waals surface area contributed by atoms with Gasteiger partial charge in [-0.25, -0.2) is 22.0 Å². The molecule has 0 amide bonds. The first-order valence-electron chi connectivity index (χ1n) is 8.50. The van der Waals surface area contributed by atoms with Crippen molar-refractivity contribution in [1.82, 2.24) is 0 Å². The van der Waals surface area contributed by atoms with Gasteiger partial charge in [-0.05, 0) is 35.9 Å². The van der Waals surface area contributed by atoms with Gasteiger partial charge < -0.3 is 4.74 Å². The maximum absolute atomic E-state index is 13.6. The van der Waals surface area contributed by atoms with Gasteiger partial charge in [-0.15, -0.1) is 0 Å². The molecule has 0 aliphatic heterocycles. The van der Waals surface area contributed by atoms with Crippen LogP contribution in [0.4, 0.5) is 33.3 Å². The summed E-state index contributed by atoms with van der Waals surface area (Å²) in [6.45, 7) is 0. The molecule has 0 bridgehead atoms. The molecule has 0 fully saturated rings. The second-order valence-corrected chi connectivity index (χ2v) is 6.04. The normalized spacial score (nSPS) is 10.8. The van der Waals surface area contributed by atoms with E-state index in [9.17, 15) is 32.1 Å². The number of hydrogen-bond donors (Lipinski definition) is 1. The summed E-state index contributed by atoms with van der Waals surface area (Å²) < 4.78 is 72.1. The number of halogens is 5. The molecule has 0 radical (unpaired) electrons. The average Bonchev–Trinajstić information content (AvgIpc) is 2.79. The van der Waals surface area contributed by atoms with Gasteiger partial charge in [0.1, 0.15) is 28.8 Å². The summed E-state index contributed by atoms with van der Waals surface area (Å²) in [7, 11) is 0. The quantitative estimate of drug-likeness (QED) is 0.136. The molecule has 0 saturated carbocycles. The third kappa shape index (κ3) is 4.46. The maximum atomic E-state index is 13.6. The topological polar surface area (TPSA) is 101 Å². The van der Waals surface area contributed by atoms with Crippen molar-refractivity contribution in [3.05, 3.63) is 92.8 Å². The molecule has 0 unspecified atom stereocenters. The lowest BCUT2D eigenvalue weighted by Gasteiger charge is -2.08. The molecule has 0 atom stereocenters. The van der Waals surface area contributed by atoms with E-state index in [2.05, 4.69) is 5.10 Å². The van der Waals surface area contributed by atoms with Crippen molar-refractivity contribution in [3.8, 4) is 17.6 Å². The molecule has 0 aliphatic rings. The minimum atomic E-state index is -2.28. The van der Waals surface area contributed by atoms with Crippen LogP contribution in [0.5, 0.6) is 11.5 Å². The van der Waals surface area contributed by atoms with E-state index < -0.39 is 39.7 Å². The highest BCUT2D eigenvalue weighted by atomic mass is 19.2. The molecule has 7 nitrogen and oxygen atoms in total. The van der Waals surface area contributed by atoms with Gasteiger partial charge in [0.05, 0.1) is 11.1 Å². The molecule has 0 aromatic heterocycles. The number of ether oxygens (including phenoxy) is 1. The van der Waals surface area contributed by atoms with Gasteiger partial charge in [-0.1, -0.05) is 0 Å². The van der Waals surface area contributed by atoms with Gasteiger partial charge in [0.2, 0.25) is 5.82 Å². The van der Waals surface area contributed by atoms with E-state index in [0.717, 1.165) is 12.3 Å². The summed E-state index contributed by atoms with van der Waals surface area (Å²) in [5.41, 5.74) is 0.492. The van der Waals surface area contributed by atoms with E-state index in [1.54, 1.807) is 11.5 Å². The Balaban J connectivity index is 1.73. The van der Waals surface area contributed by atoms with Crippen molar-refractivity contribution >= 4 is 17.6 Å². The number of hydrogen-bond acceptors (Lipinski definition) is 6. The van der Waals surface area contributed by atoms with Crippen LogP contribution in [-0.4, -0.2) is 11.1 Å². The number of nitrogens with zero attached hydrogens (tertiary/aromatic N) is 3. The predicted octanol–water partition coefficient (Wildman–Crippen LogP) is 5.40. The summed E-state index contributed by atoms with van der Waals surface area (Å²) in [5.74, 6) is -10.3. The average molecular weight is 448 g/mol. The van der Waals surface area contributed by atoms with E-state index >= 15 is 0 Å². The molecule has 0 saturated heterocycles. The van der Waals surface area contributed by atoms with Crippen molar-refractivity contribution in [2.24, 2.45) is 5.10 Å². The van der Waals surface area contributed by atoms with Crippen LogP contribution in [0.15, 0.2) is 47.6 Å². The highest BCUT2D eigenvalue weighted by molar-refractivity contribution is 5.80. The van der Waals surface area contributed by atoms with Gasteiger partial charge in [0.15, 0.2) is 23.3 Å². The summed E-state index contributed by atoms with van der Waals surface area (Å²) in [4.78, 5) is 10.1. The van der Waals surface area contributed by atoms with Gasteiger partial charge in [0.25, 0.3) is 5.69 Å². The molecule has 1 N–H and O–H groups in total. The van der Waals surface area contributed by atoms with Crippen molar-refractivity contribution in [3.63, 3.8) is 0 Å². The van der Waals surface area contributed by atoms with Crippen LogP contribution < -0.4 is 10.2 Å². The number of nitriles is 1. The first-order chi connectivity index (χ1) is 15.2. The Morgan fingerprint density at radius 2 is 1.56 bits per heavy atom. The fourth-order valence-electron chi connectivity index (χ4n) is 2.43. The number of nitro benzene ring substituents is 1. The lowest BCUT2D eigenvalue weighted by Crippen LogP contribution is -2.06. The molecule has 32 heavy (non-hydrogen) atoms. The number of rotatable bonds is 6. The third-order valence-electron chi connectivity index (χ3n) is 4.00. The van der Waals surface area contributed by atoms with Gasteiger partial charge in [0, 0.05) is 12.1 Å². The highest BCUT2D eigenvalue weighted by Crippen LogP contribution is 2.29. The molecular formula is C20H9F5N4O3. The van der Waals surface area contributed by atoms with Gasteiger partial charge >= 0.3 is 0 Å². The van der Waals surface area contributed by atoms with E-state index in [-0.39, 0.29) is 22.7 Å². The largest absolute Gasteiger partial charge is 0.456 e. The predicted molar refractivity (Wildman–Crippen MR) is 102 cm³/mol. The molecule has 0 aliphatic carbocycles. The number of nitrogens with one attached hydrogen (secondary N) is 1. The zero-order valence-corrected chi connectivity index (χ0v) is 15.6. The second kappa shape index (κ2) is 9.09. The van der Waals surface area contributed by atoms with Crippen LogP contribution in [0.25, 0.3) is 0 Å². The van der Waals surface area contributed by atoms with E-state index in [0.29, 0.717) is 5.56 Å². The Morgan fingerprint density at radius 1 is 0.969 bits per heavy atom. The molecule has 3 aromatic rings. The van der Waals surface area contributed by atoms with Crippen LogP contribution in [0, 0.1) is 50.5 Å². The van der Waals surface area contributed by atoms with Crippen LogP contribution in [-0.2, 0) is 0 Å². The first kappa shape index (κ1) is 22.2. The van der Waals surface area contributed by atoms with Crippen molar-refractivity contribution in [1.29, 1.82) is 5.26 Å². The van der Waals surface area contributed by atoms with Crippen molar-refractivity contribution in [2.45, 2.75) is 0 Å². The number of hydrazone groups is 1. The van der Waals surface area contributed by atoms with Crippen molar-refractivity contribution < 1.29 is 31.6 Å². The standard InChI is InChI=1S/C20H9F5N4O3/c21-15-16(22)18(24)20(19(25)17(15)23)28-27-9-10-1-4-13(5-2-10)32-14-6-3-12(29(30)31)7-11(14)8-26/h1-7,9,28H. The maximum Gasteiger partial charge on any atom is 0.271 e. The summed E-state index contributed by atoms with van der Waals surface area (Å²) >= 11 is 0. The smallest absolute Gasteiger partial charge is 0.271 e. The summed E-state index contributed by atoms with van der Waals surface area (Å²) in [6.07, 6.45) is 1.05. The number of benzene rings is 3. The molecule has 3 rings (SSSR count). The lowest BCUT2D eigenvalue weighted by molar-refractivity contribution is -0.384. The first-order valence-corrected chi connectivity index (χ1v) is 8.50. The van der Waals surface area contributed by atoms with Crippen LogP contribution in [0.2, 0.25) is 0 Å². The van der Waals surface area contributed by atoms with E-state index in [1.165, 1.54) is 36.4 Å². The number of anilines is 1. The Labute approximate surface area is 176 Å². The minimum absolute atomic E-state index is 0.0585.